The Morgan fingerprint density at radius 3 is 2.15 bits per heavy atom. The first-order valence-corrected chi connectivity index (χ1v) is 6.67. The number of allylic oxidation sites excluding steroid dienone is 1. The van der Waals surface area contributed by atoms with Gasteiger partial charge in [0.1, 0.15) is 0 Å². The maximum absolute atomic E-state index is 12.7. The van der Waals surface area contributed by atoms with Gasteiger partial charge < -0.3 is 5.11 Å². The van der Waals surface area contributed by atoms with Gasteiger partial charge in [-0.3, -0.25) is 4.79 Å². The molecule has 2 heteroatoms. The molecule has 102 valence electrons. The largest absolute Gasteiger partial charge is 0.377 e. The highest BCUT2D eigenvalue weighted by molar-refractivity contribution is 6.02. The minimum atomic E-state index is -1.52. The van der Waals surface area contributed by atoms with E-state index in [1.807, 2.05) is 43.3 Å². The van der Waals surface area contributed by atoms with Gasteiger partial charge in [-0.1, -0.05) is 72.8 Å². The summed E-state index contributed by atoms with van der Waals surface area (Å²) in [5.74, 6) is -0.276. The van der Waals surface area contributed by atoms with Crippen LogP contribution in [0.1, 0.15) is 29.3 Å². The standard InChI is InChI=1S/C18H18O2/c1-2-3-14-18(20,16-12-8-5-9-13-16)17(19)15-10-6-4-7-11-15/h2-13,20H,14H2,1H3. The number of carbonyl (C=O) groups is 1. The molecule has 0 aliphatic carbocycles. The summed E-state index contributed by atoms with van der Waals surface area (Å²) >= 11 is 0. The van der Waals surface area contributed by atoms with Crippen LogP contribution in [0.3, 0.4) is 0 Å². The summed E-state index contributed by atoms with van der Waals surface area (Å²) in [6.07, 6.45) is 3.92. The van der Waals surface area contributed by atoms with Gasteiger partial charge in [-0.05, 0) is 12.5 Å². The van der Waals surface area contributed by atoms with Gasteiger partial charge in [0.05, 0.1) is 0 Å². The second-order valence-electron chi connectivity index (χ2n) is 4.69. The predicted molar refractivity (Wildman–Crippen MR) is 80.5 cm³/mol. The number of Topliss-reactive ketones (excluding diaryl/α,β-unsaturated/α-hetero) is 1. The minimum Gasteiger partial charge on any atom is -0.377 e. The Morgan fingerprint density at radius 2 is 1.60 bits per heavy atom. The molecule has 1 N–H and O–H groups in total. The maximum atomic E-state index is 12.7. The maximum Gasteiger partial charge on any atom is 0.199 e. The Labute approximate surface area is 119 Å². The van der Waals surface area contributed by atoms with E-state index in [4.69, 9.17) is 0 Å². The summed E-state index contributed by atoms with van der Waals surface area (Å²) in [4.78, 5) is 12.7. The number of ketones is 1. The van der Waals surface area contributed by atoms with Gasteiger partial charge in [0.25, 0.3) is 0 Å². The average molecular weight is 266 g/mol. The fraction of sp³-hybridized carbons (Fsp3) is 0.167. The van der Waals surface area contributed by atoms with Gasteiger partial charge in [-0.25, -0.2) is 0 Å². The molecule has 1 unspecified atom stereocenters. The van der Waals surface area contributed by atoms with Crippen molar-refractivity contribution < 1.29 is 9.90 Å². The van der Waals surface area contributed by atoms with Crippen LogP contribution in [0, 0.1) is 0 Å². The smallest absolute Gasteiger partial charge is 0.199 e. The first-order valence-electron chi connectivity index (χ1n) is 6.67. The van der Waals surface area contributed by atoms with Gasteiger partial charge in [0, 0.05) is 12.0 Å². The topological polar surface area (TPSA) is 37.3 Å². The number of carbonyl (C=O) groups excluding carboxylic acids is 1. The molecule has 0 fully saturated rings. The van der Waals surface area contributed by atoms with Gasteiger partial charge in [0.15, 0.2) is 11.4 Å². The summed E-state index contributed by atoms with van der Waals surface area (Å²) in [7, 11) is 0. The van der Waals surface area contributed by atoms with Gasteiger partial charge in [0.2, 0.25) is 0 Å². The number of hydrogen-bond donors (Lipinski definition) is 1. The molecule has 0 bridgehead atoms. The van der Waals surface area contributed by atoms with E-state index in [0.29, 0.717) is 11.1 Å². The van der Waals surface area contributed by atoms with Gasteiger partial charge >= 0.3 is 0 Å². The van der Waals surface area contributed by atoms with Crippen molar-refractivity contribution in [1.82, 2.24) is 0 Å². The van der Waals surface area contributed by atoms with E-state index in [1.54, 1.807) is 36.4 Å². The molecule has 0 amide bonds. The lowest BCUT2D eigenvalue weighted by atomic mass is 9.83. The second-order valence-corrected chi connectivity index (χ2v) is 4.69. The second kappa shape index (κ2) is 6.31. The highest BCUT2D eigenvalue weighted by atomic mass is 16.3. The van der Waals surface area contributed by atoms with Crippen LogP contribution in [0.5, 0.6) is 0 Å². The summed E-state index contributed by atoms with van der Waals surface area (Å²) in [5.41, 5.74) is -0.384. The predicted octanol–water partition coefficient (Wildman–Crippen LogP) is 3.72. The molecule has 0 spiro atoms. The average Bonchev–Trinajstić information content (AvgIpc) is 2.53. The molecule has 0 radical (unpaired) electrons. The van der Waals surface area contributed by atoms with Gasteiger partial charge in [-0.2, -0.15) is 0 Å². The lowest BCUT2D eigenvalue weighted by molar-refractivity contribution is 0.0312. The van der Waals surface area contributed by atoms with Crippen molar-refractivity contribution in [2.24, 2.45) is 0 Å². The zero-order chi connectivity index (χ0) is 14.4. The number of benzene rings is 2. The Bertz CT molecular complexity index is 587. The molecule has 2 nitrogen and oxygen atoms in total. The molecule has 0 saturated heterocycles. The van der Waals surface area contributed by atoms with Crippen LogP contribution in [-0.2, 0) is 5.60 Å². The lowest BCUT2D eigenvalue weighted by Gasteiger charge is -2.26. The van der Waals surface area contributed by atoms with Crippen molar-refractivity contribution in [3.63, 3.8) is 0 Å². The van der Waals surface area contributed by atoms with Crippen LogP contribution in [-0.4, -0.2) is 10.9 Å². The summed E-state index contributed by atoms with van der Waals surface area (Å²) < 4.78 is 0. The molecule has 0 saturated carbocycles. The summed E-state index contributed by atoms with van der Waals surface area (Å²) in [5, 5.41) is 10.9. The third-order valence-corrected chi connectivity index (χ3v) is 3.31. The fourth-order valence-corrected chi connectivity index (χ4v) is 2.17. The molecule has 1 atom stereocenters. The van der Waals surface area contributed by atoms with Crippen molar-refractivity contribution in [2.45, 2.75) is 18.9 Å². The highest BCUT2D eigenvalue weighted by Crippen LogP contribution is 2.29. The van der Waals surface area contributed by atoms with Crippen LogP contribution in [0.4, 0.5) is 0 Å². The third-order valence-electron chi connectivity index (χ3n) is 3.31. The van der Waals surface area contributed by atoms with E-state index < -0.39 is 5.60 Å². The van der Waals surface area contributed by atoms with Crippen LogP contribution >= 0.6 is 0 Å². The Hall–Kier alpha value is -2.19. The Balaban J connectivity index is 2.45. The normalized spacial score (nSPS) is 14.1. The van der Waals surface area contributed by atoms with E-state index in [9.17, 15) is 9.90 Å². The molecular formula is C18H18O2. The van der Waals surface area contributed by atoms with E-state index in [2.05, 4.69) is 0 Å². The molecule has 2 aromatic carbocycles. The minimum absolute atomic E-state index is 0.265. The van der Waals surface area contributed by atoms with E-state index in [0.717, 1.165) is 0 Å². The lowest BCUT2D eigenvalue weighted by Crippen LogP contribution is -2.35. The third kappa shape index (κ3) is 2.86. The van der Waals surface area contributed by atoms with Crippen LogP contribution in [0.25, 0.3) is 0 Å². The first kappa shape index (κ1) is 14.2. The van der Waals surface area contributed by atoms with E-state index in [1.165, 1.54) is 0 Å². The van der Waals surface area contributed by atoms with Gasteiger partial charge in [-0.15, -0.1) is 0 Å². The monoisotopic (exact) mass is 266 g/mol. The molecule has 0 aromatic heterocycles. The van der Waals surface area contributed by atoms with E-state index >= 15 is 0 Å². The first-order chi connectivity index (χ1) is 9.68. The molecule has 2 rings (SSSR count). The van der Waals surface area contributed by atoms with Crippen molar-refractivity contribution in [3.05, 3.63) is 83.9 Å². The molecule has 20 heavy (non-hydrogen) atoms. The summed E-state index contributed by atoms with van der Waals surface area (Å²) in [6.45, 7) is 1.87. The number of aliphatic hydroxyl groups is 1. The van der Waals surface area contributed by atoms with Crippen LogP contribution in [0.2, 0.25) is 0 Å². The fourth-order valence-electron chi connectivity index (χ4n) is 2.17. The quantitative estimate of drug-likeness (QED) is 0.661. The molecule has 0 heterocycles. The van der Waals surface area contributed by atoms with Crippen molar-refractivity contribution >= 4 is 5.78 Å². The number of hydrogen-bond acceptors (Lipinski definition) is 2. The highest BCUT2D eigenvalue weighted by Gasteiger charge is 2.36. The SMILES string of the molecule is CC=CCC(O)(C(=O)c1ccccc1)c1ccccc1. The van der Waals surface area contributed by atoms with Crippen molar-refractivity contribution in [2.75, 3.05) is 0 Å². The Kier molecular flexibility index (Phi) is 4.49. The molecular weight excluding hydrogens is 248 g/mol. The zero-order valence-corrected chi connectivity index (χ0v) is 11.5. The van der Waals surface area contributed by atoms with Crippen LogP contribution < -0.4 is 0 Å². The molecule has 0 aliphatic heterocycles. The van der Waals surface area contributed by atoms with Crippen molar-refractivity contribution in [3.8, 4) is 0 Å². The molecule has 2 aromatic rings. The summed E-state index contributed by atoms with van der Waals surface area (Å²) in [6, 6.07) is 18.0. The molecule has 0 aliphatic rings. The zero-order valence-electron chi connectivity index (χ0n) is 11.5. The Morgan fingerprint density at radius 1 is 1.05 bits per heavy atom. The van der Waals surface area contributed by atoms with Crippen molar-refractivity contribution in [1.29, 1.82) is 0 Å². The van der Waals surface area contributed by atoms with E-state index in [-0.39, 0.29) is 12.2 Å². The number of rotatable bonds is 5. The van der Waals surface area contributed by atoms with Crippen LogP contribution in [0.15, 0.2) is 72.8 Å².